The number of hydrogen-bond donors (Lipinski definition) is 1. The molecule has 0 fully saturated rings. The fraction of sp³-hybridized carbons (Fsp3) is 0.692. The Morgan fingerprint density at radius 3 is 2.88 bits per heavy atom. The number of rotatable bonds is 5. The summed E-state index contributed by atoms with van der Waals surface area (Å²) in [6.45, 7) is 4.90. The Morgan fingerprint density at radius 2 is 2.12 bits per heavy atom. The van der Waals surface area contributed by atoms with Crippen LogP contribution in [0.5, 0.6) is 0 Å². The van der Waals surface area contributed by atoms with Crippen molar-refractivity contribution in [3.8, 4) is 0 Å². The van der Waals surface area contributed by atoms with Gasteiger partial charge in [-0.25, -0.2) is 9.97 Å². The minimum atomic E-state index is 0.740. The second kappa shape index (κ2) is 5.96. The first-order valence-electron chi connectivity index (χ1n) is 6.64. The summed E-state index contributed by atoms with van der Waals surface area (Å²) in [6, 6.07) is 0. The van der Waals surface area contributed by atoms with Gasteiger partial charge in [0.15, 0.2) is 0 Å². The lowest BCUT2D eigenvalue weighted by atomic mass is 9.96. The molecule has 1 heterocycles. The summed E-state index contributed by atoms with van der Waals surface area (Å²) in [5.74, 6) is 1.14. The highest BCUT2D eigenvalue weighted by atomic mass is 15.2. The smallest absolute Gasteiger partial charge is 0.135 e. The van der Waals surface area contributed by atoms with Crippen molar-refractivity contribution in [3.63, 3.8) is 0 Å². The van der Waals surface area contributed by atoms with Crippen molar-refractivity contribution in [3.05, 3.63) is 17.6 Å². The fourth-order valence-electron chi connectivity index (χ4n) is 2.47. The number of nitrogens with zero attached hydrogens (tertiary/aromatic N) is 3. The molecule has 2 rings (SSSR count). The van der Waals surface area contributed by atoms with Gasteiger partial charge in [-0.3, -0.25) is 0 Å². The molecule has 17 heavy (non-hydrogen) atoms. The Balaban J connectivity index is 2.23. The van der Waals surface area contributed by atoms with Crippen LogP contribution in [0.2, 0.25) is 0 Å². The van der Waals surface area contributed by atoms with Crippen LogP contribution in [-0.2, 0) is 12.8 Å². The molecular weight excluding hydrogens is 212 g/mol. The SMILES string of the molecule is CCN(CCCN)c1ncnc2c1CCCC2. The van der Waals surface area contributed by atoms with Crippen molar-refractivity contribution in [1.82, 2.24) is 9.97 Å². The average molecular weight is 234 g/mol. The van der Waals surface area contributed by atoms with Crippen LogP contribution in [0.1, 0.15) is 37.4 Å². The zero-order valence-corrected chi connectivity index (χ0v) is 10.7. The summed E-state index contributed by atoms with van der Waals surface area (Å²) < 4.78 is 0. The molecule has 0 saturated carbocycles. The maximum Gasteiger partial charge on any atom is 0.135 e. The molecule has 0 radical (unpaired) electrons. The van der Waals surface area contributed by atoms with Crippen molar-refractivity contribution in [2.75, 3.05) is 24.5 Å². The molecule has 0 unspecified atom stereocenters. The predicted octanol–water partition coefficient (Wildman–Crippen LogP) is 1.53. The second-order valence-corrected chi connectivity index (χ2v) is 4.55. The minimum absolute atomic E-state index is 0.740. The van der Waals surface area contributed by atoms with Crippen LogP contribution in [0.15, 0.2) is 6.33 Å². The fourth-order valence-corrected chi connectivity index (χ4v) is 2.47. The molecule has 0 aromatic carbocycles. The molecule has 94 valence electrons. The summed E-state index contributed by atoms with van der Waals surface area (Å²) in [5, 5.41) is 0. The number of nitrogens with two attached hydrogens (primary N) is 1. The maximum atomic E-state index is 5.59. The Morgan fingerprint density at radius 1 is 1.29 bits per heavy atom. The molecule has 1 aromatic rings. The first-order chi connectivity index (χ1) is 8.36. The molecule has 1 aliphatic rings. The maximum absolute atomic E-state index is 5.59. The molecule has 4 nitrogen and oxygen atoms in total. The van der Waals surface area contributed by atoms with Crippen molar-refractivity contribution in [1.29, 1.82) is 0 Å². The third-order valence-corrected chi connectivity index (χ3v) is 3.42. The summed E-state index contributed by atoms with van der Waals surface area (Å²) in [7, 11) is 0. The molecule has 4 heteroatoms. The lowest BCUT2D eigenvalue weighted by Crippen LogP contribution is -2.28. The average Bonchev–Trinajstić information content (AvgIpc) is 2.40. The van der Waals surface area contributed by atoms with E-state index >= 15 is 0 Å². The van der Waals surface area contributed by atoms with Gasteiger partial charge in [-0.1, -0.05) is 0 Å². The normalized spacial score (nSPS) is 14.5. The van der Waals surface area contributed by atoms with Crippen LogP contribution in [-0.4, -0.2) is 29.6 Å². The highest BCUT2D eigenvalue weighted by Gasteiger charge is 2.18. The van der Waals surface area contributed by atoms with E-state index in [4.69, 9.17) is 5.73 Å². The summed E-state index contributed by atoms with van der Waals surface area (Å²) in [6.07, 6.45) is 7.50. The van der Waals surface area contributed by atoms with Crippen molar-refractivity contribution < 1.29 is 0 Å². The Labute approximate surface area is 103 Å². The van der Waals surface area contributed by atoms with E-state index in [-0.39, 0.29) is 0 Å². The van der Waals surface area contributed by atoms with Gasteiger partial charge in [0.05, 0.1) is 0 Å². The Bertz CT molecular complexity index is 364. The van der Waals surface area contributed by atoms with E-state index in [9.17, 15) is 0 Å². The molecule has 0 aliphatic heterocycles. The molecule has 2 N–H and O–H groups in total. The van der Waals surface area contributed by atoms with Crippen molar-refractivity contribution >= 4 is 5.82 Å². The lowest BCUT2D eigenvalue weighted by molar-refractivity contribution is 0.651. The Hall–Kier alpha value is -1.16. The van der Waals surface area contributed by atoms with E-state index in [1.54, 1.807) is 6.33 Å². The zero-order valence-electron chi connectivity index (χ0n) is 10.7. The van der Waals surface area contributed by atoms with E-state index in [0.717, 1.165) is 44.7 Å². The van der Waals surface area contributed by atoms with Gasteiger partial charge in [-0.05, 0) is 45.6 Å². The van der Waals surface area contributed by atoms with Gasteiger partial charge < -0.3 is 10.6 Å². The van der Waals surface area contributed by atoms with Gasteiger partial charge in [0.1, 0.15) is 12.1 Å². The van der Waals surface area contributed by atoms with Gasteiger partial charge in [0, 0.05) is 24.3 Å². The highest BCUT2D eigenvalue weighted by molar-refractivity contribution is 5.49. The lowest BCUT2D eigenvalue weighted by Gasteiger charge is -2.26. The molecule has 1 aliphatic carbocycles. The van der Waals surface area contributed by atoms with Gasteiger partial charge in [0.25, 0.3) is 0 Å². The monoisotopic (exact) mass is 234 g/mol. The summed E-state index contributed by atoms with van der Waals surface area (Å²) >= 11 is 0. The van der Waals surface area contributed by atoms with Crippen LogP contribution in [0.25, 0.3) is 0 Å². The van der Waals surface area contributed by atoms with E-state index in [1.807, 2.05) is 0 Å². The second-order valence-electron chi connectivity index (χ2n) is 4.55. The Kier molecular flexibility index (Phi) is 4.31. The van der Waals surface area contributed by atoms with Crippen molar-refractivity contribution in [2.24, 2.45) is 5.73 Å². The predicted molar refractivity (Wildman–Crippen MR) is 70.2 cm³/mol. The van der Waals surface area contributed by atoms with Crippen LogP contribution in [0, 0.1) is 0 Å². The standard InChI is InChI=1S/C13H22N4/c1-2-17(9-5-8-14)13-11-6-3-4-7-12(11)15-10-16-13/h10H,2-9,14H2,1H3. The van der Waals surface area contributed by atoms with E-state index in [1.165, 1.54) is 24.1 Å². The first kappa shape index (κ1) is 12.3. The quantitative estimate of drug-likeness (QED) is 0.839. The molecule has 0 bridgehead atoms. The van der Waals surface area contributed by atoms with Crippen LogP contribution < -0.4 is 10.6 Å². The number of anilines is 1. The van der Waals surface area contributed by atoms with Crippen LogP contribution >= 0.6 is 0 Å². The molecule has 1 aromatic heterocycles. The number of aryl methyl sites for hydroxylation is 1. The molecule has 0 spiro atoms. The summed E-state index contributed by atoms with van der Waals surface area (Å²) in [5.41, 5.74) is 8.22. The zero-order chi connectivity index (χ0) is 12.1. The minimum Gasteiger partial charge on any atom is -0.357 e. The van der Waals surface area contributed by atoms with Gasteiger partial charge >= 0.3 is 0 Å². The van der Waals surface area contributed by atoms with E-state index in [2.05, 4.69) is 21.8 Å². The molecular formula is C13H22N4. The highest BCUT2D eigenvalue weighted by Crippen LogP contribution is 2.26. The van der Waals surface area contributed by atoms with Crippen molar-refractivity contribution in [2.45, 2.75) is 39.0 Å². The number of hydrogen-bond acceptors (Lipinski definition) is 4. The van der Waals surface area contributed by atoms with E-state index in [0.29, 0.717) is 0 Å². The third kappa shape index (κ3) is 2.75. The van der Waals surface area contributed by atoms with Gasteiger partial charge in [0.2, 0.25) is 0 Å². The first-order valence-corrected chi connectivity index (χ1v) is 6.64. The topological polar surface area (TPSA) is 55.0 Å². The van der Waals surface area contributed by atoms with Crippen LogP contribution in [0.4, 0.5) is 5.82 Å². The van der Waals surface area contributed by atoms with Gasteiger partial charge in [-0.2, -0.15) is 0 Å². The molecule has 0 saturated heterocycles. The van der Waals surface area contributed by atoms with Gasteiger partial charge in [-0.15, -0.1) is 0 Å². The number of fused-ring (bicyclic) bond motifs is 1. The van der Waals surface area contributed by atoms with E-state index < -0.39 is 0 Å². The largest absolute Gasteiger partial charge is 0.357 e. The summed E-state index contributed by atoms with van der Waals surface area (Å²) in [4.78, 5) is 11.2. The third-order valence-electron chi connectivity index (χ3n) is 3.42. The molecule has 0 atom stereocenters. The molecule has 0 amide bonds. The number of aromatic nitrogens is 2. The van der Waals surface area contributed by atoms with Crippen LogP contribution in [0.3, 0.4) is 0 Å².